The molecule has 4 nitrogen and oxygen atoms in total. The number of carbonyl (C=O) groups is 2. The van der Waals surface area contributed by atoms with Crippen molar-refractivity contribution in [3.63, 3.8) is 0 Å². The molecule has 0 fully saturated rings. The molecule has 1 amide bonds. The van der Waals surface area contributed by atoms with Crippen molar-refractivity contribution >= 4 is 35.1 Å². The number of hydrogen-bond donors (Lipinski definition) is 0. The van der Waals surface area contributed by atoms with Gasteiger partial charge < -0.3 is 9.64 Å². The van der Waals surface area contributed by atoms with Crippen molar-refractivity contribution < 1.29 is 14.3 Å². The van der Waals surface area contributed by atoms with Crippen LogP contribution in [0.1, 0.15) is 18.1 Å². The molecule has 2 aromatic carbocycles. The Balaban J connectivity index is 2.17. The summed E-state index contributed by atoms with van der Waals surface area (Å²) in [5.74, 6) is -0.641. The van der Waals surface area contributed by atoms with E-state index in [1.165, 1.54) is 4.90 Å². The summed E-state index contributed by atoms with van der Waals surface area (Å²) in [6.07, 6.45) is 0.466. The van der Waals surface area contributed by atoms with E-state index in [1.54, 1.807) is 32.2 Å². The minimum absolute atomic E-state index is 0.0806. The fraction of sp³-hybridized carbons (Fsp3) is 0.300. The van der Waals surface area contributed by atoms with Gasteiger partial charge in [0.05, 0.1) is 13.0 Å². The number of rotatable bonds is 7. The van der Waals surface area contributed by atoms with Gasteiger partial charge in [-0.25, -0.2) is 4.79 Å². The van der Waals surface area contributed by atoms with Crippen molar-refractivity contribution in [1.82, 2.24) is 4.90 Å². The van der Waals surface area contributed by atoms with E-state index in [0.29, 0.717) is 22.0 Å². The second-order valence-corrected chi connectivity index (χ2v) is 6.72. The minimum Gasteiger partial charge on any atom is -0.464 e. The predicted molar refractivity (Wildman–Crippen MR) is 104 cm³/mol. The first-order chi connectivity index (χ1) is 12.4. The Bertz CT molecular complexity index is 765. The Labute approximate surface area is 163 Å². The first-order valence-electron chi connectivity index (χ1n) is 8.32. The number of likely N-dealkylation sites (N-methyl/N-ethyl adjacent to an activating group) is 1. The molecule has 0 aliphatic carbocycles. The van der Waals surface area contributed by atoms with Crippen LogP contribution >= 0.6 is 23.2 Å². The highest BCUT2D eigenvalue weighted by Crippen LogP contribution is 2.22. The summed E-state index contributed by atoms with van der Waals surface area (Å²) in [5.41, 5.74) is 1.62. The molecule has 2 aromatic rings. The molecule has 0 aliphatic rings. The largest absolute Gasteiger partial charge is 0.464 e. The molecule has 138 valence electrons. The number of amides is 1. The zero-order valence-corrected chi connectivity index (χ0v) is 16.3. The third-order valence-electron chi connectivity index (χ3n) is 4.05. The second kappa shape index (κ2) is 9.60. The lowest BCUT2D eigenvalue weighted by molar-refractivity contribution is -0.153. The van der Waals surface area contributed by atoms with Gasteiger partial charge in [0.2, 0.25) is 5.91 Å². The summed E-state index contributed by atoms with van der Waals surface area (Å²) in [5, 5.41) is 0.933. The normalized spacial score (nSPS) is 11.7. The molecular weight excluding hydrogens is 373 g/mol. The lowest BCUT2D eigenvalue weighted by Gasteiger charge is -2.27. The number of halogens is 2. The molecule has 0 aliphatic heterocycles. The summed E-state index contributed by atoms with van der Waals surface area (Å²) in [4.78, 5) is 26.5. The maximum absolute atomic E-state index is 12.7. The number of nitrogens with zero attached hydrogens (tertiary/aromatic N) is 1. The van der Waals surface area contributed by atoms with Crippen LogP contribution in [0.2, 0.25) is 10.0 Å². The lowest BCUT2D eigenvalue weighted by atomic mass is 10.0. The first-order valence-corrected chi connectivity index (χ1v) is 9.08. The first kappa shape index (κ1) is 20.3. The fourth-order valence-corrected chi connectivity index (χ4v) is 3.06. The van der Waals surface area contributed by atoms with Gasteiger partial charge in [-0.2, -0.15) is 0 Å². The monoisotopic (exact) mass is 393 g/mol. The number of hydrogen-bond acceptors (Lipinski definition) is 3. The van der Waals surface area contributed by atoms with Crippen molar-refractivity contribution in [2.75, 3.05) is 13.7 Å². The summed E-state index contributed by atoms with van der Waals surface area (Å²) in [6.45, 7) is 2.00. The van der Waals surface area contributed by atoms with Crippen LogP contribution in [0.4, 0.5) is 0 Å². The van der Waals surface area contributed by atoms with E-state index in [9.17, 15) is 9.59 Å². The van der Waals surface area contributed by atoms with E-state index in [2.05, 4.69) is 0 Å². The topological polar surface area (TPSA) is 46.6 Å². The molecule has 0 radical (unpaired) electrons. The molecule has 26 heavy (non-hydrogen) atoms. The summed E-state index contributed by atoms with van der Waals surface area (Å²) >= 11 is 12.0. The summed E-state index contributed by atoms with van der Waals surface area (Å²) in [6, 6.07) is 13.8. The standard InChI is InChI=1S/C20H21Cl2NO3/c1-3-26-20(25)18(11-14-7-5-4-6-8-14)23(2)19(24)12-15-9-10-16(21)13-17(15)22/h4-10,13,18H,3,11-12H2,1-2H3. The van der Waals surface area contributed by atoms with E-state index < -0.39 is 12.0 Å². The highest BCUT2D eigenvalue weighted by atomic mass is 35.5. The molecule has 0 saturated carbocycles. The van der Waals surface area contributed by atoms with E-state index in [0.717, 1.165) is 5.56 Å². The molecule has 0 aromatic heterocycles. The third-order valence-corrected chi connectivity index (χ3v) is 4.64. The van der Waals surface area contributed by atoms with Crippen LogP contribution in [0.3, 0.4) is 0 Å². The number of carbonyl (C=O) groups excluding carboxylic acids is 2. The number of benzene rings is 2. The van der Waals surface area contributed by atoms with E-state index >= 15 is 0 Å². The van der Waals surface area contributed by atoms with Crippen LogP contribution in [-0.2, 0) is 27.2 Å². The van der Waals surface area contributed by atoms with Crippen molar-refractivity contribution in [3.05, 3.63) is 69.7 Å². The average Bonchev–Trinajstić information content (AvgIpc) is 2.62. The highest BCUT2D eigenvalue weighted by molar-refractivity contribution is 6.35. The smallest absolute Gasteiger partial charge is 0.329 e. The molecule has 0 spiro atoms. The Hall–Kier alpha value is -2.04. The number of ether oxygens (including phenoxy) is 1. The second-order valence-electron chi connectivity index (χ2n) is 5.87. The van der Waals surface area contributed by atoms with Gasteiger partial charge in [-0.1, -0.05) is 59.6 Å². The molecule has 0 saturated heterocycles. The molecule has 2 rings (SSSR count). The van der Waals surface area contributed by atoms with Gasteiger partial charge >= 0.3 is 5.97 Å². The van der Waals surface area contributed by atoms with Crippen molar-refractivity contribution in [1.29, 1.82) is 0 Å². The SMILES string of the molecule is CCOC(=O)C(Cc1ccccc1)N(C)C(=O)Cc1ccc(Cl)cc1Cl. The predicted octanol–water partition coefficient (Wildman–Crippen LogP) is 4.17. The summed E-state index contributed by atoms with van der Waals surface area (Å²) in [7, 11) is 1.61. The van der Waals surface area contributed by atoms with E-state index in [1.807, 2.05) is 30.3 Å². The van der Waals surface area contributed by atoms with Gasteiger partial charge in [-0.3, -0.25) is 4.79 Å². The van der Waals surface area contributed by atoms with Crippen LogP contribution < -0.4 is 0 Å². The summed E-state index contributed by atoms with van der Waals surface area (Å²) < 4.78 is 5.16. The van der Waals surface area contributed by atoms with Crippen LogP contribution in [0, 0.1) is 0 Å². The lowest BCUT2D eigenvalue weighted by Crippen LogP contribution is -2.45. The van der Waals surface area contributed by atoms with Gasteiger partial charge in [-0.15, -0.1) is 0 Å². The van der Waals surface area contributed by atoms with Gasteiger partial charge in [0.25, 0.3) is 0 Å². The van der Waals surface area contributed by atoms with Gasteiger partial charge in [0.1, 0.15) is 6.04 Å². The maximum atomic E-state index is 12.7. The van der Waals surface area contributed by atoms with Crippen LogP contribution in [-0.4, -0.2) is 36.5 Å². The molecule has 0 N–H and O–H groups in total. The Morgan fingerprint density at radius 1 is 1.12 bits per heavy atom. The van der Waals surface area contributed by atoms with Gasteiger partial charge in [-0.05, 0) is 30.2 Å². The zero-order chi connectivity index (χ0) is 19.1. The average molecular weight is 394 g/mol. The minimum atomic E-state index is -0.698. The molecule has 6 heteroatoms. The molecular formula is C20H21Cl2NO3. The van der Waals surface area contributed by atoms with E-state index in [4.69, 9.17) is 27.9 Å². The van der Waals surface area contributed by atoms with Gasteiger partial charge in [0, 0.05) is 23.5 Å². The van der Waals surface area contributed by atoms with E-state index in [-0.39, 0.29) is 18.9 Å². The van der Waals surface area contributed by atoms with Crippen LogP contribution in [0.25, 0.3) is 0 Å². The van der Waals surface area contributed by atoms with Crippen molar-refractivity contribution in [2.24, 2.45) is 0 Å². The molecule has 0 bridgehead atoms. The van der Waals surface area contributed by atoms with Crippen LogP contribution in [0.5, 0.6) is 0 Å². The van der Waals surface area contributed by atoms with Crippen molar-refractivity contribution in [3.8, 4) is 0 Å². The quantitative estimate of drug-likeness (QED) is 0.663. The maximum Gasteiger partial charge on any atom is 0.329 e. The highest BCUT2D eigenvalue weighted by Gasteiger charge is 2.28. The van der Waals surface area contributed by atoms with Gasteiger partial charge in [0.15, 0.2) is 0 Å². The van der Waals surface area contributed by atoms with Crippen molar-refractivity contribution in [2.45, 2.75) is 25.8 Å². The Kier molecular flexibility index (Phi) is 7.49. The van der Waals surface area contributed by atoms with Crippen LogP contribution in [0.15, 0.2) is 48.5 Å². The molecule has 1 unspecified atom stereocenters. The fourth-order valence-electron chi connectivity index (χ4n) is 2.58. The number of esters is 1. The Morgan fingerprint density at radius 2 is 1.81 bits per heavy atom. The zero-order valence-electron chi connectivity index (χ0n) is 14.7. The molecule has 0 heterocycles. The third kappa shape index (κ3) is 5.48. The Morgan fingerprint density at radius 3 is 2.42 bits per heavy atom. The molecule has 1 atom stereocenters.